The molecule has 2 amide bonds. The van der Waals surface area contributed by atoms with Gasteiger partial charge in [0, 0.05) is 17.4 Å². The Labute approximate surface area is 186 Å². The van der Waals surface area contributed by atoms with Crippen LogP contribution in [0.1, 0.15) is 32.3 Å². The van der Waals surface area contributed by atoms with Gasteiger partial charge in [0.25, 0.3) is 5.91 Å². The molecule has 1 aromatic heterocycles. The molecule has 31 heavy (non-hydrogen) atoms. The number of carbonyl (C=O) groups is 2. The van der Waals surface area contributed by atoms with E-state index in [1.54, 1.807) is 11.3 Å². The number of amides is 2. The molecule has 5 nitrogen and oxygen atoms in total. The summed E-state index contributed by atoms with van der Waals surface area (Å²) in [4.78, 5) is 33.4. The van der Waals surface area contributed by atoms with E-state index in [1.165, 1.54) is 26.5 Å². The predicted octanol–water partition coefficient (Wildman–Crippen LogP) is 3.46. The number of anilines is 1. The summed E-state index contributed by atoms with van der Waals surface area (Å²) in [5.74, 6) is 1.04. The molecule has 0 radical (unpaired) electrons. The predicted molar refractivity (Wildman–Crippen MR) is 124 cm³/mol. The fourth-order valence-corrected chi connectivity index (χ4v) is 6.32. The third-order valence-corrected chi connectivity index (χ3v) is 7.65. The lowest BCUT2D eigenvalue weighted by Gasteiger charge is -2.34. The van der Waals surface area contributed by atoms with Crippen LogP contribution >= 0.6 is 11.3 Å². The number of quaternary nitrogens is 1. The van der Waals surface area contributed by atoms with E-state index >= 15 is 0 Å². The van der Waals surface area contributed by atoms with Crippen LogP contribution in [0.4, 0.5) is 5.69 Å². The number of hydrogen-bond acceptors (Lipinski definition) is 4. The Morgan fingerprint density at radius 2 is 1.74 bits per heavy atom. The number of thiazole rings is 1. The Balaban J connectivity index is 1.37. The molecular formula is C25H28N3O2S+. The lowest BCUT2D eigenvalue weighted by molar-refractivity contribution is -0.926. The van der Waals surface area contributed by atoms with Crippen LogP contribution in [0.5, 0.6) is 0 Å². The molecule has 1 N–H and O–H groups in total. The van der Waals surface area contributed by atoms with E-state index in [2.05, 4.69) is 32.9 Å². The summed E-state index contributed by atoms with van der Waals surface area (Å²) in [6.07, 6.45) is 1.52. The molecule has 0 aliphatic carbocycles. The van der Waals surface area contributed by atoms with E-state index in [4.69, 9.17) is 4.98 Å². The molecule has 3 aromatic rings. The van der Waals surface area contributed by atoms with Crippen LogP contribution in [0.15, 0.2) is 42.5 Å². The van der Waals surface area contributed by atoms with Gasteiger partial charge >= 0.3 is 0 Å². The largest absolute Gasteiger partial charge is 0.324 e. The Kier molecular flexibility index (Phi) is 5.15. The highest BCUT2D eigenvalue weighted by atomic mass is 32.1. The van der Waals surface area contributed by atoms with Crippen molar-refractivity contribution >= 4 is 39.1 Å². The van der Waals surface area contributed by atoms with E-state index in [1.807, 2.05) is 30.3 Å². The van der Waals surface area contributed by atoms with Crippen molar-refractivity contribution in [2.75, 3.05) is 18.0 Å². The first-order valence-corrected chi connectivity index (χ1v) is 11.9. The molecule has 160 valence electrons. The second-order valence-corrected chi connectivity index (χ2v) is 10.4. The number of nitrogens with zero attached hydrogens (tertiary/aromatic N) is 2. The number of rotatable bonds is 3. The Morgan fingerprint density at radius 1 is 1.03 bits per heavy atom. The van der Waals surface area contributed by atoms with E-state index < -0.39 is 0 Å². The lowest BCUT2D eigenvalue weighted by atomic mass is 9.90. The van der Waals surface area contributed by atoms with Gasteiger partial charge in [-0.2, -0.15) is 0 Å². The minimum atomic E-state index is -0.245. The Bertz CT molecular complexity index is 1140. The molecule has 0 saturated carbocycles. The highest BCUT2D eigenvalue weighted by Crippen LogP contribution is 2.32. The van der Waals surface area contributed by atoms with Crippen LogP contribution in [0.2, 0.25) is 0 Å². The van der Waals surface area contributed by atoms with Crippen molar-refractivity contribution in [1.29, 1.82) is 0 Å². The molecule has 6 heteroatoms. The van der Waals surface area contributed by atoms with Crippen molar-refractivity contribution in [3.05, 3.63) is 48.0 Å². The standard InChI is InChI=1S/C25H27N3O2S/c1-15-4-9-20-22(11-15)31-24(26-20)18-5-7-19(8-6-18)28-23(29)12-21(25(28)30)27-13-16(2)10-17(3)14-27/h4-9,11,16-17,21H,10,12-14H2,1-3H3/p+1/t16-,17+,21-/m0/s1. The molecule has 2 fully saturated rings. The van der Waals surface area contributed by atoms with Crippen LogP contribution in [-0.4, -0.2) is 35.9 Å². The third-order valence-electron chi connectivity index (χ3n) is 6.58. The molecule has 3 heterocycles. The van der Waals surface area contributed by atoms with E-state index in [0.29, 0.717) is 23.9 Å². The molecule has 1 unspecified atom stereocenters. The third kappa shape index (κ3) is 3.79. The summed E-state index contributed by atoms with van der Waals surface area (Å²) < 4.78 is 1.17. The zero-order chi connectivity index (χ0) is 21.7. The lowest BCUT2D eigenvalue weighted by Crippen LogP contribution is -3.18. The molecule has 2 aliphatic heterocycles. The smallest absolute Gasteiger partial charge is 0.292 e. The monoisotopic (exact) mass is 434 g/mol. The summed E-state index contributed by atoms with van der Waals surface area (Å²) in [6.45, 7) is 8.52. The Hall–Kier alpha value is -2.57. The van der Waals surface area contributed by atoms with Gasteiger partial charge in [-0.15, -0.1) is 11.3 Å². The van der Waals surface area contributed by atoms with Crippen molar-refractivity contribution in [3.63, 3.8) is 0 Å². The van der Waals surface area contributed by atoms with Crippen LogP contribution in [-0.2, 0) is 9.59 Å². The van der Waals surface area contributed by atoms with Gasteiger partial charge < -0.3 is 4.90 Å². The number of hydrogen-bond donors (Lipinski definition) is 1. The van der Waals surface area contributed by atoms with Crippen molar-refractivity contribution in [2.45, 2.75) is 39.7 Å². The molecule has 0 bridgehead atoms. The number of benzene rings is 2. The van der Waals surface area contributed by atoms with Crippen molar-refractivity contribution < 1.29 is 14.5 Å². The van der Waals surface area contributed by atoms with Gasteiger partial charge in [0.15, 0.2) is 6.04 Å². The van der Waals surface area contributed by atoms with Crippen LogP contribution in [0, 0.1) is 18.8 Å². The van der Waals surface area contributed by atoms with Gasteiger partial charge in [-0.05, 0) is 55.3 Å². The van der Waals surface area contributed by atoms with Crippen LogP contribution in [0.25, 0.3) is 20.8 Å². The summed E-state index contributed by atoms with van der Waals surface area (Å²) in [7, 11) is 0. The fourth-order valence-electron chi connectivity index (χ4n) is 5.25. The number of likely N-dealkylation sites (tertiary alicyclic amines) is 1. The topological polar surface area (TPSA) is 54.7 Å². The molecule has 5 rings (SSSR count). The average molecular weight is 435 g/mol. The van der Waals surface area contributed by atoms with Gasteiger partial charge in [-0.3, -0.25) is 9.59 Å². The number of nitrogens with one attached hydrogen (secondary N) is 1. The maximum absolute atomic E-state index is 13.2. The molecule has 4 atom stereocenters. The number of imide groups is 1. The average Bonchev–Trinajstić information content (AvgIpc) is 3.27. The second-order valence-electron chi connectivity index (χ2n) is 9.37. The number of aromatic nitrogens is 1. The number of piperidine rings is 1. The zero-order valence-corrected chi connectivity index (χ0v) is 19.0. The van der Waals surface area contributed by atoms with Crippen molar-refractivity contribution in [3.8, 4) is 10.6 Å². The molecule has 2 aromatic carbocycles. The fraction of sp³-hybridized carbons (Fsp3) is 0.400. The zero-order valence-electron chi connectivity index (χ0n) is 18.2. The van der Waals surface area contributed by atoms with Gasteiger partial charge in [0.05, 0.1) is 35.4 Å². The summed E-state index contributed by atoms with van der Waals surface area (Å²) in [5.41, 5.74) is 3.88. The molecule has 0 spiro atoms. The van der Waals surface area contributed by atoms with Crippen LogP contribution in [0.3, 0.4) is 0 Å². The SMILES string of the molecule is Cc1ccc2nc(-c3ccc(N4C(=O)C[C@H]([NH+]5C[C@H](C)C[C@H](C)C5)C4=O)cc3)sc2c1. The number of carbonyl (C=O) groups excluding carboxylic acids is 2. The van der Waals surface area contributed by atoms with Gasteiger partial charge in [0.2, 0.25) is 5.91 Å². The first kappa shape index (κ1) is 20.3. The molecular weight excluding hydrogens is 406 g/mol. The first-order valence-electron chi connectivity index (χ1n) is 11.1. The maximum Gasteiger partial charge on any atom is 0.292 e. The summed E-state index contributed by atoms with van der Waals surface area (Å²) in [5, 5.41) is 0.949. The van der Waals surface area contributed by atoms with Gasteiger partial charge in [0.1, 0.15) is 5.01 Å². The minimum absolute atomic E-state index is 0.0514. The second kappa shape index (κ2) is 7.84. The van der Waals surface area contributed by atoms with Crippen molar-refractivity contribution in [1.82, 2.24) is 4.98 Å². The van der Waals surface area contributed by atoms with Gasteiger partial charge in [-0.1, -0.05) is 19.9 Å². The highest BCUT2D eigenvalue weighted by molar-refractivity contribution is 7.21. The van der Waals surface area contributed by atoms with Crippen LogP contribution < -0.4 is 9.80 Å². The number of aryl methyl sites for hydroxylation is 1. The summed E-state index contributed by atoms with van der Waals surface area (Å²) in [6, 6.07) is 13.7. The maximum atomic E-state index is 13.2. The normalized spacial score (nSPS) is 26.7. The van der Waals surface area contributed by atoms with Crippen molar-refractivity contribution in [2.24, 2.45) is 11.8 Å². The first-order chi connectivity index (χ1) is 14.9. The number of fused-ring (bicyclic) bond motifs is 1. The van der Waals surface area contributed by atoms with E-state index in [0.717, 1.165) is 29.2 Å². The molecule has 2 aliphatic rings. The summed E-state index contributed by atoms with van der Waals surface area (Å²) >= 11 is 1.66. The molecule has 2 saturated heterocycles. The van der Waals surface area contributed by atoms with Gasteiger partial charge in [-0.25, -0.2) is 9.88 Å². The quantitative estimate of drug-likeness (QED) is 0.643. The van der Waals surface area contributed by atoms with E-state index in [-0.39, 0.29) is 17.9 Å². The highest BCUT2D eigenvalue weighted by Gasteiger charge is 2.47. The van der Waals surface area contributed by atoms with E-state index in [9.17, 15) is 9.59 Å². The minimum Gasteiger partial charge on any atom is -0.324 e. The Morgan fingerprint density at radius 3 is 2.45 bits per heavy atom.